The maximum atomic E-state index is 12.3. The number of hydrogen-bond donors (Lipinski definition) is 3. The van der Waals surface area contributed by atoms with E-state index in [1.54, 1.807) is 0 Å². The van der Waals surface area contributed by atoms with Gasteiger partial charge in [-0.25, -0.2) is 0 Å². The number of carbonyl (C=O) groups is 1. The minimum absolute atomic E-state index is 0.0148. The van der Waals surface area contributed by atoms with Crippen molar-refractivity contribution in [2.45, 2.75) is 44.7 Å². The standard InChI is InChI=1S/C15H25N3O2/c1-12(4-3-11-19)17-15(20)14-5-2-10-18(14)13-6-8-16-9-7-13/h2,5,10,12-13,16,19H,3-4,6-9,11H2,1H3,(H,17,20). The Morgan fingerprint density at radius 2 is 2.30 bits per heavy atom. The fraction of sp³-hybridized carbons (Fsp3) is 0.667. The van der Waals surface area contributed by atoms with Crippen molar-refractivity contribution in [2.24, 2.45) is 0 Å². The Balaban J connectivity index is 1.97. The third kappa shape index (κ3) is 3.84. The third-order valence-corrected chi connectivity index (χ3v) is 3.89. The van der Waals surface area contributed by atoms with Gasteiger partial charge in [0.15, 0.2) is 0 Å². The van der Waals surface area contributed by atoms with E-state index >= 15 is 0 Å². The second-order valence-electron chi connectivity index (χ2n) is 5.52. The average molecular weight is 279 g/mol. The molecule has 1 aliphatic heterocycles. The van der Waals surface area contributed by atoms with Crippen molar-refractivity contribution in [1.29, 1.82) is 0 Å². The van der Waals surface area contributed by atoms with Gasteiger partial charge in [-0.05, 0) is 57.8 Å². The molecular formula is C15H25N3O2. The first-order valence-electron chi connectivity index (χ1n) is 7.51. The van der Waals surface area contributed by atoms with Gasteiger partial charge in [-0.3, -0.25) is 4.79 Å². The average Bonchev–Trinajstić information content (AvgIpc) is 2.95. The first-order chi connectivity index (χ1) is 9.72. The molecule has 112 valence electrons. The van der Waals surface area contributed by atoms with E-state index in [0.29, 0.717) is 6.04 Å². The van der Waals surface area contributed by atoms with Gasteiger partial charge in [-0.1, -0.05) is 0 Å². The molecule has 1 fully saturated rings. The molecular weight excluding hydrogens is 254 g/mol. The lowest BCUT2D eigenvalue weighted by Gasteiger charge is -2.26. The van der Waals surface area contributed by atoms with Gasteiger partial charge < -0.3 is 20.3 Å². The molecule has 2 heterocycles. The molecule has 0 saturated carbocycles. The number of carbonyl (C=O) groups excluding carboxylic acids is 1. The minimum atomic E-state index is -0.0148. The molecule has 1 aromatic rings. The van der Waals surface area contributed by atoms with Gasteiger partial charge in [-0.2, -0.15) is 0 Å². The number of piperidine rings is 1. The van der Waals surface area contributed by atoms with E-state index in [4.69, 9.17) is 5.11 Å². The molecule has 0 aromatic carbocycles. The summed E-state index contributed by atoms with van der Waals surface area (Å²) >= 11 is 0. The molecule has 1 unspecified atom stereocenters. The normalized spacial score (nSPS) is 17.9. The second-order valence-corrected chi connectivity index (χ2v) is 5.52. The van der Waals surface area contributed by atoms with Crippen LogP contribution in [-0.2, 0) is 0 Å². The third-order valence-electron chi connectivity index (χ3n) is 3.89. The monoisotopic (exact) mass is 279 g/mol. The molecule has 1 atom stereocenters. The van der Waals surface area contributed by atoms with Gasteiger partial charge in [0.2, 0.25) is 0 Å². The van der Waals surface area contributed by atoms with E-state index in [2.05, 4.69) is 15.2 Å². The zero-order valence-electron chi connectivity index (χ0n) is 12.1. The van der Waals surface area contributed by atoms with Crippen molar-refractivity contribution < 1.29 is 9.90 Å². The molecule has 0 radical (unpaired) electrons. The van der Waals surface area contributed by atoms with Crippen LogP contribution >= 0.6 is 0 Å². The summed E-state index contributed by atoms with van der Waals surface area (Å²) in [4.78, 5) is 12.3. The molecule has 0 aliphatic carbocycles. The predicted molar refractivity (Wildman–Crippen MR) is 78.8 cm³/mol. The van der Waals surface area contributed by atoms with Crippen LogP contribution in [0.15, 0.2) is 18.3 Å². The van der Waals surface area contributed by atoms with Crippen molar-refractivity contribution in [1.82, 2.24) is 15.2 Å². The van der Waals surface area contributed by atoms with E-state index in [9.17, 15) is 4.79 Å². The Labute approximate surface area is 120 Å². The molecule has 2 rings (SSSR count). The molecule has 0 spiro atoms. The molecule has 0 bridgehead atoms. The smallest absolute Gasteiger partial charge is 0.268 e. The van der Waals surface area contributed by atoms with Gasteiger partial charge in [0.25, 0.3) is 5.91 Å². The van der Waals surface area contributed by atoms with Crippen molar-refractivity contribution >= 4 is 5.91 Å². The molecule has 3 N–H and O–H groups in total. The largest absolute Gasteiger partial charge is 0.396 e. The highest BCUT2D eigenvalue weighted by Crippen LogP contribution is 2.21. The van der Waals surface area contributed by atoms with Gasteiger partial charge in [0, 0.05) is 24.9 Å². The highest BCUT2D eigenvalue weighted by molar-refractivity contribution is 5.93. The summed E-state index contributed by atoms with van der Waals surface area (Å²) in [5, 5.41) is 15.2. The number of aliphatic hydroxyl groups is 1. The molecule has 5 heteroatoms. The van der Waals surface area contributed by atoms with Crippen LogP contribution in [0.2, 0.25) is 0 Å². The summed E-state index contributed by atoms with van der Waals surface area (Å²) in [6, 6.07) is 4.33. The van der Waals surface area contributed by atoms with E-state index in [-0.39, 0.29) is 18.6 Å². The molecule has 5 nitrogen and oxygen atoms in total. The quantitative estimate of drug-likeness (QED) is 0.735. The predicted octanol–water partition coefficient (Wildman–Crippen LogP) is 1.30. The summed E-state index contributed by atoms with van der Waals surface area (Å²) < 4.78 is 2.11. The molecule has 1 aromatic heterocycles. The first-order valence-corrected chi connectivity index (χ1v) is 7.51. The van der Waals surface area contributed by atoms with Crippen LogP contribution in [0.25, 0.3) is 0 Å². The lowest BCUT2D eigenvalue weighted by atomic mass is 10.1. The number of nitrogens with one attached hydrogen (secondary N) is 2. The fourth-order valence-corrected chi connectivity index (χ4v) is 2.76. The lowest BCUT2D eigenvalue weighted by Crippen LogP contribution is -2.36. The number of aliphatic hydroxyl groups excluding tert-OH is 1. The summed E-state index contributed by atoms with van der Waals surface area (Å²) in [5.74, 6) is -0.0148. The highest BCUT2D eigenvalue weighted by atomic mass is 16.3. The number of hydrogen-bond acceptors (Lipinski definition) is 3. The van der Waals surface area contributed by atoms with Crippen molar-refractivity contribution in [3.8, 4) is 0 Å². The topological polar surface area (TPSA) is 66.3 Å². The Kier molecular flexibility index (Phi) is 5.61. The highest BCUT2D eigenvalue weighted by Gasteiger charge is 2.20. The minimum Gasteiger partial charge on any atom is -0.396 e. The SMILES string of the molecule is CC(CCCO)NC(=O)c1cccn1C1CCNCC1. The Morgan fingerprint density at radius 1 is 1.55 bits per heavy atom. The van der Waals surface area contributed by atoms with E-state index in [0.717, 1.165) is 44.5 Å². The van der Waals surface area contributed by atoms with Crippen LogP contribution in [0.1, 0.15) is 49.1 Å². The van der Waals surface area contributed by atoms with E-state index in [1.807, 2.05) is 25.3 Å². The van der Waals surface area contributed by atoms with Crippen molar-refractivity contribution in [3.63, 3.8) is 0 Å². The molecule has 20 heavy (non-hydrogen) atoms. The number of nitrogens with zero attached hydrogens (tertiary/aromatic N) is 1. The van der Waals surface area contributed by atoms with E-state index in [1.165, 1.54) is 0 Å². The maximum absolute atomic E-state index is 12.3. The number of rotatable bonds is 6. The Morgan fingerprint density at radius 3 is 3.00 bits per heavy atom. The second kappa shape index (κ2) is 7.45. The van der Waals surface area contributed by atoms with Crippen LogP contribution < -0.4 is 10.6 Å². The van der Waals surface area contributed by atoms with Crippen LogP contribution in [-0.4, -0.2) is 41.3 Å². The number of aromatic nitrogens is 1. The van der Waals surface area contributed by atoms with E-state index < -0.39 is 0 Å². The van der Waals surface area contributed by atoms with Crippen LogP contribution in [0.5, 0.6) is 0 Å². The maximum Gasteiger partial charge on any atom is 0.268 e. The van der Waals surface area contributed by atoms with Crippen molar-refractivity contribution in [2.75, 3.05) is 19.7 Å². The van der Waals surface area contributed by atoms with Gasteiger partial charge in [0.05, 0.1) is 0 Å². The lowest BCUT2D eigenvalue weighted by molar-refractivity contribution is 0.0923. The van der Waals surface area contributed by atoms with Crippen LogP contribution in [0.3, 0.4) is 0 Å². The summed E-state index contributed by atoms with van der Waals surface area (Å²) in [5.41, 5.74) is 0.743. The summed E-state index contributed by atoms with van der Waals surface area (Å²) in [6.45, 7) is 4.17. The summed E-state index contributed by atoms with van der Waals surface area (Å²) in [7, 11) is 0. The molecule has 1 amide bonds. The van der Waals surface area contributed by atoms with Gasteiger partial charge in [-0.15, -0.1) is 0 Å². The summed E-state index contributed by atoms with van der Waals surface area (Å²) in [6.07, 6.45) is 5.65. The fourth-order valence-electron chi connectivity index (χ4n) is 2.76. The first kappa shape index (κ1) is 15.1. The van der Waals surface area contributed by atoms with Crippen LogP contribution in [0, 0.1) is 0 Å². The Hall–Kier alpha value is -1.33. The Bertz CT molecular complexity index is 425. The van der Waals surface area contributed by atoms with Crippen molar-refractivity contribution in [3.05, 3.63) is 24.0 Å². The molecule has 1 saturated heterocycles. The van der Waals surface area contributed by atoms with Gasteiger partial charge in [0.1, 0.15) is 5.69 Å². The zero-order valence-corrected chi connectivity index (χ0v) is 12.1. The molecule has 1 aliphatic rings. The number of amides is 1. The van der Waals surface area contributed by atoms with Crippen LogP contribution in [0.4, 0.5) is 0 Å². The van der Waals surface area contributed by atoms with Gasteiger partial charge >= 0.3 is 0 Å². The zero-order chi connectivity index (χ0) is 14.4.